The second-order valence-corrected chi connectivity index (χ2v) is 8.95. The minimum atomic E-state index is -0.276. The molecule has 1 aromatic carbocycles. The zero-order chi connectivity index (χ0) is 22.1. The van der Waals surface area contributed by atoms with Crippen molar-refractivity contribution in [3.63, 3.8) is 0 Å². The van der Waals surface area contributed by atoms with E-state index < -0.39 is 0 Å². The molecule has 31 heavy (non-hydrogen) atoms. The first kappa shape index (κ1) is 23.2. The minimum Gasteiger partial charge on any atom is -0.492 e. The summed E-state index contributed by atoms with van der Waals surface area (Å²) in [6, 6.07) is 7.86. The SMILES string of the molecule is CCOC(=O)Cc1csc(NN=Cc2ccccc2OCCN2CC(C)CC(C)C2)n1. The fraction of sp³-hybridized carbons (Fsp3) is 0.522. The lowest BCUT2D eigenvalue weighted by Gasteiger charge is -2.34. The molecule has 2 aromatic rings. The van der Waals surface area contributed by atoms with E-state index in [1.807, 2.05) is 29.6 Å². The van der Waals surface area contributed by atoms with Crippen molar-refractivity contribution in [1.29, 1.82) is 0 Å². The van der Waals surface area contributed by atoms with Crippen LogP contribution in [-0.4, -0.2) is 54.9 Å². The number of carbonyl (C=O) groups is 1. The summed E-state index contributed by atoms with van der Waals surface area (Å²) in [6.45, 7) is 10.7. The average molecular weight is 445 g/mol. The number of aromatic nitrogens is 1. The average Bonchev–Trinajstić information content (AvgIpc) is 3.15. The molecule has 168 valence electrons. The van der Waals surface area contributed by atoms with Gasteiger partial charge in [-0.05, 0) is 37.3 Å². The summed E-state index contributed by atoms with van der Waals surface area (Å²) in [6.07, 6.45) is 3.21. The molecule has 0 amide bonds. The highest BCUT2D eigenvalue weighted by atomic mass is 32.1. The van der Waals surface area contributed by atoms with Gasteiger partial charge >= 0.3 is 5.97 Å². The van der Waals surface area contributed by atoms with E-state index in [2.05, 4.69) is 34.3 Å². The number of hydrogen-bond acceptors (Lipinski definition) is 8. The third-order valence-corrected chi connectivity index (χ3v) is 5.87. The molecule has 2 heterocycles. The first-order valence-electron chi connectivity index (χ1n) is 10.9. The van der Waals surface area contributed by atoms with Crippen LogP contribution in [0.1, 0.15) is 38.4 Å². The zero-order valence-corrected chi connectivity index (χ0v) is 19.4. The fourth-order valence-electron chi connectivity index (χ4n) is 3.93. The molecule has 2 unspecified atom stereocenters. The molecular formula is C23H32N4O3S. The van der Waals surface area contributed by atoms with Gasteiger partial charge in [0.25, 0.3) is 0 Å². The highest BCUT2D eigenvalue weighted by molar-refractivity contribution is 7.13. The van der Waals surface area contributed by atoms with Crippen molar-refractivity contribution >= 4 is 28.7 Å². The van der Waals surface area contributed by atoms with Gasteiger partial charge in [-0.15, -0.1) is 11.3 Å². The van der Waals surface area contributed by atoms with Crippen LogP contribution in [0.5, 0.6) is 5.75 Å². The standard InChI is InChI=1S/C23H32N4O3S/c1-4-29-22(28)12-20-16-31-23(25-20)26-24-13-19-7-5-6-8-21(19)30-10-9-27-14-17(2)11-18(3)15-27/h5-8,13,16-18H,4,9-12,14-15H2,1-3H3,(H,25,26). The van der Waals surface area contributed by atoms with Crippen LogP contribution in [0.2, 0.25) is 0 Å². The summed E-state index contributed by atoms with van der Waals surface area (Å²) >= 11 is 1.40. The maximum Gasteiger partial charge on any atom is 0.311 e. The van der Waals surface area contributed by atoms with E-state index in [9.17, 15) is 4.79 Å². The number of para-hydroxylation sites is 1. The molecule has 1 N–H and O–H groups in total. The van der Waals surface area contributed by atoms with Gasteiger partial charge in [0.1, 0.15) is 12.4 Å². The number of likely N-dealkylation sites (tertiary alicyclic amines) is 1. The molecule has 0 aliphatic carbocycles. The van der Waals surface area contributed by atoms with Gasteiger partial charge < -0.3 is 9.47 Å². The number of esters is 1. The van der Waals surface area contributed by atoms with Crippen LogP contribution < -0.4 is 10.2 Å². The van der Waals surface area contributed by atoms with Crippen LogP contribution in [0.4, 0.5) is 5.13 Å². The van der Waals surface area contributed by atoms with Crippen LogP contribution in [0, 0.1) is 11.8 Å². The van der Waals surface area contributed by atoms with E-state index in [0.29, 0.717) is 24.0 Å². The fourth-order valence-corrected chi connectivity index (χ4v) is 4.59. The highest BCUT2D eigenvalue weighted by Gasteiger charge is 2.21. The summed E-state index contributed by atoms with van der Waals surface area (Å²) in [5, 5.41) is 6.74. The Morgan fingerprint density at radius 1 is 1.32 bits per heavy atom. The zero-order valence-electron chi connectivity index (χ0n) is 18.5. The lowest BCUT2D eigenvalue weighted by atomic mass is 9.92. The first-order chi connectivity index (χ1) is 15.0. The van der Waals surface area contributed by atoms with Crippen molar-refractivity contribution in [2.75, 3.05) is 38.3 Å². The van der Waals surface area contributed by atoms with Crippen LogP contribution >= 0.6 is 11.3 Å². The summed E-state index contributed by atoms with van der Waals surface area (Å²) in [5.74, 6) is 2.03. The minimum absolute atomic E-state index is 0.168. The molecule has 0 spiro atoms. The predicted molar refractivity (Wildman–Crippen MR) is 125 cm³/mol. The summed E-state index contributed by atoms with van der Waals surface area (Å²) in [7, 11) is 0. The first-order valence-corrected chi connectivity index (χ1v) is 11.7. The van der Waals surface area contributed by atoms with Crippen LogP contribution in [0.3, 0.4) is 0 Å². The van der Waals surface area contributed by atoms with Crippen molar-refractivity contribution in [3.8, 4) is 5.75 Å². The third kappa shape index (κ3) is 7.63. The predicted octanol–water partition coefficient (Wildman–Crippen LogP) is 4.05. The number of anilines is 1. The van der Waals surface area contributed by atoms with Crippen molar-refractivity contribution in [3.05, 3.63) is 40.9 Å². The van der Waals surface area contributed by atoms with Gasteiger partial charge in [-0.1, -0.05) is 26.0 Å². The second-order valence-electron chi connectivity index (χ2n) is 8.09. The van der Waals surface area contributed by atoms with Crippen LogP contribution in [0.15, 0.2) is 34.7 Å². The van der Waals surface area contributed by atoms with E-state index in [0.717, 1.165) is 42.8 Å². The maximum absolute atomic E-state index is 11.6. The molecule has 1 aromatic heterocycles. The molecule has 2 atom stereocenters. The molecule has 0 bridgehead atoms. The number of thiazole rings is 1. The van der Waals surface area contributed by atoms with E-state index in [1.165, 1.54) is 17.8 Å². The molecule has 1 saturated heterocycles. The Labute approximate surface area is 188 Å². The largest absolute Gasteiger partial charge is 0.492 e. The van der Waals surface area contributed by atoms with Gasteiger partial charge in [0.15, 0.2) is 0 Å². The molecular weight excluding hydrogens is 412 g/mol. The van der Waals surface area contributed by atoms with Crippen LogP contribution in [0.25, 0.3) is 0 Å². The number of piperidine rings is 1. The Bertz CT molecular complexity index is 860. The van der Waals surface area contributed by atoms with Gasteiger partial charge in [-0.25, -0.2) is 4.98 Å². The lowest BCUT2D eigenvalue weighted by Crippen LogP contribution is -2.40. The van der Waals surface area contributed by atoms with Crippen molar-refractivity contribution in [2.24, 2.45) is 16.9 Å². The number of ether oxygens (including phenoxy) is 2. The number of carbonyl (C=O) groups excluding carboxylic acids is 1. The summed E-state index contributed by atoms with van der Waals surface area (Å²) in [5.41, 5.74) is 4.50. The number of rotatable bonds is 10. The monoisotopic (exact) mass is 444 g/mol. The Morgan fingerprint density at radius 2 is 2.10 bits per heavy atom. The molecule has 1 aliphatic heterocycles. The quantitative estimate of drug-likeness (QED) is 0.338. The smallest absolute Gasteiger partial charge is 0.311 e. The Kier molecular flexibility index (Phi) is 8.85. The Morgan fingerprint density at radius 3 is 2.87 bits per heavy atom. The molecule has 7 nitrogen and oxygen atoms in total. The number of nitrogens with one attached hydrogen (secondary N) is 1. The Hall–Kier alpha value is -2.45. The van der Waals surface area contributed by atoms with E-state index in [1.54, 1.807) is 13.1 Å². The van der Waals surface area contributed by atoms with Crippen molar-refractivity contribution in [2.45, 2.75) is 33.6 Å². The molecule has 1 aliphatic rings. The molecule has 8 heteroatoms. The number of nitrogens with zero attached hydrogens (tertiary/aromatic N) is 3. The van der Waals surface area contributed by atoms with Gasteiger partial charge in [-0.3, -0.25) is 15.1 Å². The third-order valence-electron chi connectivity index (χ3n) is 5.07. The molecule has 0 radical (unpaired) electrons. The highest BCUT2D eigenvalue weighted by Crippen LogP contribution is 2.21. The number of hydrazone groups is 1. The van der Waals surface area contributed by atoms with Gasteiger partial charge in [0.2, 0.25) is 5.13 Å². The van der Waals surface area contributed by atoms with Gasteiger partial charge in [0, 0.05) is 30.6 Å². The van der Waals surface area contributed by atoms with E-state index >= 15 is 0 Å². The summed E-state index contributed by atoms with van der Waals surface area (Å²) in [4.78, 5) is 18.4. The summed E-state index contributed by atoms with van der Waals surface area (Å²) < 4.78 is 11.0. The van der Waals surface area contributed by atoms with E-state index in [-0.39, 0.29) is 12.4 Å². The van der Waals surface area contributed by atoms with Crippen LogP contribution in [-0.2, 0) is 16.0 Å². The maximum atomic E-state index is 11.6. The number of hydrogen-bond donors (Lipinski definition) is 1. The van der Waals surface area contributed by atoms with Crippen molar-refractivity contribution < 1.29 is 14.3 Å². The molecule has 0 saturated carbocycles. The normalized spacial score (nSPS) is 19.5. The second kappa shape index (κ2) is 11.8. The lowest BCUT2D eigenvalue weighted by molar-refractivity contribution is -0.142. The van der Waals surface area contributed by atoms with Gasteiger partial charge in [-0.2, -0.15) is 5.10 Å². The van der Waals surface area contributed by atoms with E-state index in [4.69, 9.17) is 9.47 Å². The number of benzene rings is 1. The molecule has 1 fully saturated rings. The molecule has 3 rings (SSSR count). The van der Waals surface area contributed by atoms with Gasteiger partial charge in [0.05, 0.1) is 24.9 Å². The van der Waals surface area contributed by atoms with Crippen molar-refractivity contribution in [1.82, 2.24) is 9.88 Å². The Balaban J connectivity index is 1.49. The topological polar surface area (TPSA) is 76.1 Å².